The van der Waals surface area contributed by atoms with E-state index in [4.69, 9.17) is 4.74 Å². The largest absolute Gasteiger partial charge is 0.481 e. The van der Waals surface area contributed by atoms with E-state index < -0.39 is 11.4 Å². The zero-order chi connectivity index (χ0) is 16.4. The quantitative estimate of drug-likeness (QED) is 0.866. The molecule has 6 heteroatoms. The molecule has 1 N–H and O–H groups in total. The Bertz CT molecular complexity index is 589. The summed E-state index contributed by atoms with van der Waals surface area (Å²) in [6, 6.07) is 6.37. The fourth-order valence-corrected chi connectivity index (χ4v) is 3.73. The highest BCUT2D eigenvalue weighted by Gasteiger charge is 2.40. The van der Waals surface area contributed by atoms with Crippen molar-refractivity contribution in [3.63, 3.8) is 0 Å². The van der Waals surface area contributed by atoms with Crippen LogP contribution in [0.4, 0.5) is 5.69 Å². The molecule has 0 bridgehead atoms. The highest BCUT2D eigenvalue weighted by Crippen LogP contribution is 2.33. The molecular formula is C17H23BrN2O3. The van der Waals surface area contributed by atoms with Crippen LogP contribution in [-0.2, 0) is 16.1 Å². The number of aliphatic carboxylic acids is 1. The summed E-state index contributed by atoms with van der Waals surface area (Å²) < 4.78 is 6.52. The molecule has 1 unspecified atom stereocenters. The van der Waals surface area contributed by atoms with Gasteiger partial charge in [-0.15, -0.1) is 0 Å². The summed E-state index contributed by atoms with van der Waals surface area (Å²) in [5.74, 6) is -0.691. The number of anilines is 1. The molecular weight excluding hydrogens is 360 g/mol. The van der Waals surface area contributed by atoms with Crippen molar-refractivity contribution in [2.75, 3.05) is 44.3 Å². The number of benzene rings is 1. The van der Waals surface area contributed by atoms with E-state index in [1.807, 2.05) is 6.92 Å². The summed E-state index contributed by atoms with van der Waals surface area (Å²) in [5.41, 5.74) is 1.87. The number of likely N-dealkylation sites (tertiary alicyclic amines) is 1. The molecule has 2 aliphatic heterocycles. The fraction of sp³-hybridized carbons (Fsp3) is 0.588. The number of carboxylic acid groups (broad SMARTS) is 1. The van der Waals surface area contributed by atoms with E-state index in [1.54, 1.807) is 0 Å². The van der Waals surface area contributed by atoms with E-state index in [2.05, 4.69) is 43.9 Å². The van der Waals surface area contributed by atoms with E-state index >= 15 is 0 Å². The number of nitrogens with zero attached hydrogens (tertiary/aromatic N) is 2. The summed E-state index contributed by atoms with van der Waals surface area (Å²) in [7, 11) is 0. The molecule has 0 aliphatic carbocycles. The third-order valence-corrected chi connectivity index (χ3v) is 5.36. The molecule has 0 saturated carbocycles. The predicted molar refractivity (Wildman–Crippen MR) is 92.8 cm³/mol. The van der Waals surface area contributed by atoms with Crippen molar-refractivity contribution in [3.05, 3.63) is 28.2 Å². The summed E-state index contributed by atoms with van der Waals surface area (Å²) >= 11 is 3.56. The Morgan fingerprint density at radius 3 is 2.74 bits per heavy atom. The second-order valence-corrected chi connectivity index (χ2v) is 7.61. The van der Waals surface area contributed by atoms with Gasteiger partial charge < -0.3 is 14.7 Å². The first-order valence-corrected chi connectivity index (χ1v) is 8.84. The molecule has 2 saturated heterocycles. The molecule has 2 aliphatic rings. The van der Waals surface area contributed by atoms with Crippen molar-refractivity contribution in [2.45, 2.75) is 19.9 Å². The van der Waals surface area contributed by atoms with Crippen molar-refractivity contribution in [3.8, 4) is 0 Å². The Kier molecular flexibility index (Phi) is 4.94. The number of ether oxygens (including phenoxy) is 1. The molecule has 1 atom stereocenters. The van der Waals surface area contributed by atoms with E-state index in [0.717, 1.165) is 43.9 Å². The molecule has 0 amide bonds. The molecule has 0 spiro atoms. The van der Waals surface area contributed by atoms with Crippen LogP contribution in [0.15, 0.2) is 22.7 Å². The van der Waals surface area contributed by atoms with Crippen LogP contribution in [0.25, 0.3) is 0 Å². The highest BCUT2D eigenvalue weighted by atomic mass is 79.9. The second kappa shape index (κ2) is 6.79. The maximum Gasteiger partial charge on any atom is 0.310 e. The molecule has 0 aromatic heterocycles. The lowest BCUT2D eigenvalue weighted by atomic mass is 9.90. The molecule has 126 valence electrons. The number of halogens is 1. The van der Waals surface area contributed by atoms with Gasteiger partial charge in [0.25, 0.3) is 0 Å². The number of carbonyl (C=O) groups is 1. The first kappa shape index (κ1) is 16.7. The van der Waals surface area contributed by atoms with Gasteiger partial charge in [-0.3, -0.25) is 9.69 Å². The molecule has 23 heavy (non-hydrogen) atoms. The van der Waals surface area contributed by atoms with Gasteiger partial charge in [-0.2, -0.15) is 0 Å². The van der Waals surface area contributed by atoms with Crippen LogP contribution >= 0.6 is 15.9 Å². The molecule has 1 aromatic rings. The first-order valence-electron chi connectivity index (χ1n) is 8.05. The van der Waals surface area contributed by atoms with Crippen LogP contribution in [0.1, 0.15) is 18.9 Å². The number of hydrogen-bond acceptors (Lipinski definition) is 4. The van der Waals surface area contributed by atoms with Crippen LogP contribution in [0.3, 0.4) is 0 Å². The second-order valence-electron chi connectivity index (χ2n) is 6.70. The van der Waals surface area contributed by atoms with Gasteiger partial charge in [0.1, 0.15) is 0 Å². The molecule has 2 heterocycles. The number of rotatable bonds is 4. The molecule has 0 radical (unpaired) electrons. The van der Waals surface area contributed by atoms with Crippen molar-refractivity contribution in [1.29, 1.82) is 0 Å². The topological polar surface area (TPSA) is 53.0 Å². The Labute approximate surface area is 145 Å². The summed E-state index contributed by atoms with van der Waals surface area (Å²) in [6.07, 6.45) is 0.714. The maximum atomic E-state index is 11.4. The third-order valence-electron chi connectivity index (χ3n) is 4.86. The molecule has 5 nitrogen and oxygen atoms in total. The van der Waals surface area contributed by atoms with E-state index in [0.29, 0.717) is 13.0 Å². The monoisotopic (exact) mass is 382 g/mol. The van der Waals surface area contributed by atoms with Gasteiger partial charge in [0.2, 0.25) is 0 Å². The molecule has 2 fully saturated rings. The van der Waals surface area contributed by atoms with Gasteiger partial charge in [-0.1, -0.05) is 22.0 Å². The SMILES string of the molecule is CC1(C(=O)O)CCN(Cc2ccc(Br)cc2N2CCOCC2)C1. The van der Waals surface area contributed by atoms with Gasteiger partial charge in [-0.05, 0) is 37.6 Å². The van der Waals surface area contributed by atoms with Crippen molar-refractivity contribution in [1.82, 2.24) is 4.90 Å². The van der Waals surface area contributed by atoms with Crippen LogP contribution < -0.4 is 4.90 Å². The lowest BCUT2D eigenvalue weighted by molar-refractivity contribution is -0.147. The number of carboxylic acids is 1. The average Bonchev–Trinajstić information content (AvgIpc) is 2.93. The van der Waals surface area contributed by atoms with Crippen LogP contribution in [-0.4, -0.2) is 55.4 Å². The summed E-state index contributed by atoms with van der Waals surface area (Å²) in [5, 5.41) is 9.40. The zero-order valence-electron chi connectivity index (χ0n) is 13.4. The van der Waals surface area contributed by atoms with Crippen molar-refractivity contribution in [2.24, 2.45) is 5.41 Å². The minimum absolute atomic E-state index is 0.612. The number of morpholine rings is 1. The van der Waals surface area contributed by atoms with Crippen LogP contribution in [0, 0.1) is 5.41 Å². The van der Waals surface area contributed by atoms with Crippen molar-refractivity contribution >= 4 is 27.6 Å². The molecule has 3 rings (SSSR count). The summed E-state index contributed by atoms with van der Waals surface area (Å²) in [6.45, 7) is 7.40. The smallest absolute Gasteiger partial charge is 0.310 e. The van der Waals surface area contributed by atoms with Crippen LogP contribution in [0.2, 0.25) is 0 Å². The molecule has 1 aromatic carbocycles. The van der Waals surface area contributed by atoms with Gasteiger partial charge in [0, 0.05) is 36.3 Å². The highest BCUT2D eigenvalue weighted by molar-refractivity contribution is 9.10. The van der Waals surface area contributed by atoms with Gasteiger partial charge in [0.15, 0.2) is 0 Å². The van der Waals surface area contributed by atoms with Gasteiger partial charge in [0.05, 0.1) is 18.6 Å². The Morgan fingerprint density at radius 1 is 1.35 bits per heavy atom. The van der Waals surface area contributed by atoms with Crippen LogP contribution in [0.5, 0.6) is 0 Å². The minimum atomic E-state index is -0.691. The lowest BCUT2D eigenvalue weighted by Crippen LogP contribution is -2.37. The Balaban J connectivity index is 1.76. The maximum absolute atomic E-state index is 11.4. The minimum Gasteiger partial charge on any atom is -0.481 e. The first-order chi connectivity index (χ1) is 11.0. The van der Waals surface area contributed by atoms with E-state index in [1.165, 1.54) is 11.3 Å². The fourth-order valence-electron chi connectivity index (χ4n) is 3.38. The van der Waals surface area contributed by atoms with E-state index in [-0.39, 0.29) is 0 Å². The van der Waals surface area contributed by atoms with Gasteiger partial charge >= 0.3 is 5.97 Å². The lowest BCUT2D eigenvalue weighted by Gasteiger charge is -2.32. The number of hydrogen-bond donors (Lipinski definition) is 1. The predicted octanol–water partition coefficient (Wildman–Crippen LogP) is 2.58. The summed E-state index contributed by atoms with van der Waals surface area (Å²) in [4.78, 5) is 16.0. The van der Waals surface area contributed by atoms with Crippen molar-refractivity contribution < 1.29 is 14.6 Å². The Morgan fingerprint density at radius 2 is 2.09 bits per heavy atom. The normalized spacial score (nSPS) is 25.7. The third kappa shape index (κ3) is 3.70. The van der Waals surface area contributed by atoms with E-state index in [9.17, 15) is 9.90 Å². The van der Waals surface area contributed by atoms with Gasteiger partial charge in [-0.25, -0.2) is 0 Å². The zero-order valence-corrected chi connectivity index (χ0v) is 15.0. The Hall–Kier alpha value is -1.11. The average molecular weight is 383 g/mol. The standard InChI is InChI=1S/C17H23BrN2O3/c1-17(16(21)22)4-5-19(12-17)11-13-2-3-14(18)10-15(13)20-6-8-23-9-7-20/h2-3,10H,4-9,11-12H2,1H3,(H,21,22).